The van der Waals surface area contributed by atoms with E-state index in [-0.39, 0.29) is 18.4 Å². The summed E-state index contributed by atoms with van der Waals surface area (Å²) < 4.78 is 30.4. The molecule has 2 N–H and O–H groups in total. The zero-order valence-corrected chi connectivity index (χ0v) is 11.8. The maximum Gasteiger partial charge on any atom is 0.217 e. The fraction of sp³-hybridized carbons (Fsp3) is 0.500. The van der Waals surface area contributed by atoms with Crippen LogP contribution in [0.1, 0.15) is 13.8 Å². The molecule has 0 saturated carbocycles. The third-order valence-electron chi connectivity index (χ3n) is 2.63. The van der Waals surface area contributed by atoms with E-state index in [0.29, 0.717) is 11.4 Å². The first-order valence-electron chi connectivity index (χ1n) is 5.77. The molecule has 0 aromatic heterocycles. The van der Waals surface area contributed by atoms with Crippen LogP contribution in [0.4, 0.5) is 5.69 Å². The lowest BCUT2D eigenvalue weighted by molar-refractivity contribution is 0.333. The lowest BCUT2D eigenvalue weighted by Crippen LogP contribution is -2.36. The van der Waals surface area contributed by atoms with Crippen molar-refractivity contribution in [1.82, 2.24) is 4.31 Å². The molecule has 0 aliphatic heterocycles. The summed E-state index contributed by atoms with van der Waals surface area (Å²) in [6, 6.07) is 6.87. The topological polar surface area (TPSA) is 72.6 Å². The number of hydrogen-bond donors (Lipinski definition) is 1. The van der Waals surface area contributed by atoms with Crippen molar-refractivity contribution in [2.75, 3.05) is 25.1 Å². The predicted molar refractivity (Wildman–Crippen MR) is 73.0 cm³/mol. The van der Waals surface area contributed by atoms with Crippen LogP contribution in [-0.2, 0) is 10.0 Å². The van der Waals surface area contributed by atoms with Gasteiger partial charge in [0.2, 0.25) is 10.0 Å². The molecule has 5 nitrogen and oxygen atoms in total. The monoisotopic (exact) mass is 272 g/mol. The highest BCUT2D eigenvalue weighted by molar-refractivity contribution is 7.89. The van der Waals surface area contributed by atoms with Crippen molar-refractivity contribution < 1.29 is 13.2 Å². The molecule has 0 saturated heterocycles. The van der Waals surface area contributed by atoms with Crippen molar-refractivity contribution in [3.63, 3.8) is 0 Å². The van der Waals surface area contributed by atoms with Gasteiger partial charge in [0.15, 0.2) is 0 Å². The van der Waals surface area contributed by atoms with Crippen LogP contribution in [0.15, 0.2) is 24.3 Å². The summed E-state index contributed by atoms with van der Waals surface area (Å²) >= 11 is 0. The second-order valence-corrected chi connectivity index (χ2v) is 6.49. The number of benzene rings is 1. The van der Waals surface area contributed by atoms with Gasteiger partial charge in [0, 0.05) is 24.8 Å². The standard InChI is InChI=1S/C12H20N2O3S/c1-10(2)14(3)18(15,16)8-7-17-12-6-4-5-11(13)9-12/h4-6,9-10H,7-8,13H2,1-3H3. The van der Waals surface area contributed by atoms with E-state index in [0.717, 1.165) is 0 Å². The number of anilines is 1. The third kappa shape index (κ3) is 4.19. The second kappa shape index (κ2) is 6.06. The summed E-state index contributed by atoms with van der Waals surface area (Å²) in [5.41, 5.74) is 6.19. The van der Waals surface area contributed by atoms with E-state index in [9.17, 15) is 8.42 Å². The third-order valence-corrected chi connectivity index (χ3v) is 4.62. The minimum absolute atomic E-state index is 0.0452. The quantitative estimate of drug-likeness (QED) is 0.793. The Kier molecular flexibility index (Phi) is 4.98. The predicted octanol–water partition coefficient (Wildman–Crippen LogP) is 1.32. The molecule has 0 fully saturated rings. The van der Waals surface area contributed by atoms with Gasteiger partial charge in [-0.25, -0.2) is 12.7 Å². The molecule has 0 heterocycles. The molecule has 0 amide bonds. The molecular weight excluding hydrogens is 252 g/mol. The Hall–Kier alpha value is -1.27. The highest BCUT2D eigenvalue weighted by Crippen LogP contribution is 2.14. The number of nitrogen functional groups attached to an aromatic ring is 1. The molecule has 18 heavy (non-hydrogen) atoms. The molecule has 0 aliphatic rings. The van der Waals surface area contributed by atoms with E-state index in [1.165, 1.54) is 4.31 Å². The van der Waals surface area contributed by atoms with Crippen molar-refractivity contribution in [3.8, 4) is 5.75 Å². The first kappa shape index (κ1) is 14.8. The molecule has 1 aromatic rings. The molecule has 6 heteroatoms. The molecule has 0 spiro atoms. The average Bonchev–Trinajstić information content (AvgIpc) is 2.27. The van der Waals surface area contributed by atoms with Gasteiger partial charge in [-0.3, -0.25) is 0 Å². The molecule has 102 valence electrons. The molecule has 0 unspecified atom stereocenters. The van der Waals surface area contributed by atoms with Gasteiger partial charge in [-0.2, -0.15) is 0 Å². The van der Waals surface area contributed by atoms with Gasteiger partial charge in [0.1, 0.15) is 12.4 Å². The number of rotatable bonds is 6. The minimum atomic E-state index is -3.26. The van der Waals surface area contributed by atoms with Crippen molar-refractivity contribution in [2.45, 2.75) is 19.9 Å². The second-order valence-electron chi connectivity index (χ2n) is 4.35. The highest BCUT2D eigenvalue weighted by Gasteiger charge is 2.20. The van der Waals surface area contributed by atoms with E-state index in [4.69, 9.17) is 10.5 Å². The number of nitrogens with zero attached hydrogens (tertiary/aromatic N) is 1. The Morgan fingerprint density at radius 1 is 1.39 bits per heavy atom. The highest BCUT2D eigenvalue weighted by atomic mass is 32.2. The first-order valence-corrected chi connectivity index (χ1v) is 7.38. The van der Waals surface area contributed by atoms with Crippen LogP contribution in [-0.4, -0.2) is 38.2 Å². The summed E-state index contributed by atoms with van der Waals surface area (Å²) in [5, 5.41) is 0. The van der Waals surface area contributed by atoms with E-state index in [2.05, 4.69) is 0 Å². The minimum Gasteiger partial charge on any atom is -0.492 e. The van der Waals surface area contributed by atoms with Crippen LogP contribution in [0.25, 0.3) is 0 Å². The average molecular weight is 272 g/mol. The van der Waals surface area contributed by atoms with E-state index in [1.54, 1.807) is 31.3 Å². The lowest BCUT2D eigenvalue weighted by atomic mass is 10.3. The van der Waals surface area contributed by atoms with Crippen LogP contribution in [0, 0.1) is 0 Å². The summed E-state index contributed by atoms with van der Waals surface area (Å²) in [6.07, 6.45) is 0. The lowest BCUT2D eigenvalue weighted by Gasteiger charge is -2.20. The van der Waals surface area contributed by atoms with Gasteiger partial charge in [-0.05, 0) is 26.0 Å². The number of hydrogen-bond acceptors (Lipinski definition) is 4. The largest absolute Gasteiger partial charge is 0.492 e. The van der Waals surface area contributed by atoms with Crippen LogP contribution < -0.4 is 10.5 Å². The van der Waals surface area contributed by atoms with Crippen molar-refractivity contribution >= 4 is 15.7 Å². The fourth-order valence-corrected chi connectivity index (χ4v) is 2.56. The number of nitrogens with two attached hydrogens (primary N) is 1. The Balaban J connectivity index is 2.52. The Morgan fingerprint density at radius 2 is 2.06 bits per heavy atom. The molecular formula is C12H20N2O3S. The summed E-state index contributed by atoms with van der Waals surface area (Å²) in [6.45, 7) is 3.77. The Bertz CT molecular complexity index is 486. The maximum atomic E-state index is 11.9. The van der Waals surface area contributed by atoms with Gasteiger partial charge < -0.3 is 10.5 Å². The van der Waals surface area contributed by atoms with E-state index < -0.39 is 10.0 Å². The molecule has 0 radical (unpaired) electrons. The van der Waals surface area contributed by atoms with Crippen LogP contribution >= 0.6 is 0 Å². The Morgan fingerprint density at radius 3 is 2.61 bits per heavy atom. The van der Waals surface area contributed by atoms with Crippen molar-refractivity contribution in [3.05, 3.63) is 24.3 Å². The Labute approximate surface area is 109 Å². The fourth-order valence-electron chi connectivity index (χ4n) is 1.33. The van der Waals surface area contributed by atoms with Crippen LogP contribution in [0.5, 0.6) is 5.75 Å². The molecule has 0 aliphatic carbocycles. The van der Waals surface area contributed by atoms with E-state index in [1.807, 2.05) is 13.8 Å². The number of sulfonamides is 1. The molecule has 1 rings (SSSR count). The van der Waals surface area contributed by atoms with Crippen LogP contribution in [0.2, 0.25) is 0 Å². The van der Waals surface area contributed by atoms with Gasteiger partial charge >= 0.3 is 0 Å². The van der Waals surface area contributed by atoms with Gasteiger partial charge in [0.05, 0.1) is 5.75 Å². The van der Waals surface area contributed by atoms with Crippen molar-refractivity contribution in [1.29, 1.82) is 0 Å². The summed E-state index contributed by atoms with van der Waals surface area (Å²) in [4.78, 5) is 0. The normalized spacial score (nSPS) is 12.1. The van der Waals surface area contributed by atoms with Crippen LogP contribution in [0.3, 0.4) is 0 Å². The summed E-state index contributed by atoms with van der Waals surface area (Å²) in [7, 11) is -1.69. The smallest absolute Gasteiger partial charge is 0.217 e. The van der Waals surface area contributed by atoms with Gasteiger partial charge in [0.25, 0.3) is 0 Å². The van der Waals surface area contributed by atoms with E-state index >= 15 is 0 Å². The maximum absolute atomic E-state index is 11.9. The summed E-state index contributed by atoms with van der Waals surface area (Å²) in [5.74, 6) is 0.536. The number of ether oxygens (including phenoxy) is 1. The molecule has 0 atom stereocenters. The van der Waals surface area contributed by atoms with Crippen molar-refractivity contribution in [2.24, 2.45) is 0 Å². The molecule has 0 bridgehead atoms. The van der Waals surface area contributed by atoms with Gasteiger partial charge in [-0.1, -0.05) is 6.07 Å². The zero-order chi connectivity index (χ0) is 13.8. The zero-order valence-electron chi connectivity index (χ0n) is 11.0. The SMILES string of the molecule is CC(C)N(C)S(=O)(=O)CCOc1cccc(N)c1. The first-order chi connectivity index (χ1) is 8.33. The van der Waals surface area contributed by atoms with Gasteiger partial charge in [-0.15, -0.1) is 0 Å². The molecule has 1 aromatic carbocycles.